The molecule has 0 bridgehead atoms. The minimum atomic E-state index is 0.358. The van der Waals surface area contributed by atoms with Gasteiger partial charge < -0.3 is 4.74 Å². The number of unbranched alkanes of at least 4 members (excludes halogenated alkanes) is 6. The quantitative estimate of drug-likeness (QED) is 0.366. The fourth-order valence-electron chi connectivity index (χ4n) is 3.39. The van der Waals surface area contributed by atoms with Gasteiger partial charge in [0.05, 0.1) is 6.10 Å². The molecule has 1 atom stereocenters. The molecule has 0 radical (unpaired) electrons. The van der Waals surface area contributed by atoms with Crippen molar-refractivity contribution in [2.75, 3.05) is 0 Å². The smallest absolute Gasteiger partial charge is 0.127 e. The van der Waals surface area contributed by atoms with Gasteiger partial charge in [-0.2, -0.15) is 0 Å². The zero-order valence-electron chi connectivity index (χ0n) is 15.6. The Morgan fingerprint density at radius 3 is 2.21 bits per heavy atom. The number of hydrogen-bond donors (Lipinski definition) is 0. The molecule has 0 N–H and O–H groups in total. The van der Waals surface area contributed by atoms with E-state index in [-0.39, 0.29) is 0 Å². The van der Waals surface area contributed by atoms with Crippen molar-refractivity contribution in [3.8, 4) is 5.75 Å². The lowest BCUT2D eigenvalue weighted by molar-refractivity contribution is 0.178. The number of ether oxygens (including phenoxy) is 1. The molecular weight excluding hydrogens is 292 g/mol. The van der Waals surface area contributed by atoms with Crippen LogP contribution in [0, 0.1) is 0 Å². The van der Waals surface area contributed by atoms with Crippen LogP contribution in [0.4, 0.5) is 0 Å². The Balaban J connectivity index is 1.84. The molecule has 0 saturated heterocycles. The SMILES string of the molecule is CCCCCCCCCC(CCC)Oc1cccc2ccccc12. The normalized spacial score (nSPS) is 12.4. The second-order valence-corrected chi connectivity index (χ2v) is 6.92. The van der Waals surface area contributed by atoms with Gasteiger partial charge in [-0.3, -0.25) is 0 Å². The van der Waals surface area contributed by atoms with Crippen molar-refractivity contribution in [2.24, 2.45) is 0 Å². The average molecular weight is 327 g/mol. The Hall–Kier alpha value is -1.50. The summed E-state index contributed by atoms with van der Waals surface area (Å²) in [5.74, 6) is 1.05. The van der Waals surface area contributed by atoms with Crippen LogP contribution in [0.2, 0.25) is 0 Å². The Morgan fingerprint density at radius 2 is 1.42 bits per heavy atom. The first-order chi connectivity index (χ1) is 11.8. The summed E-state index contributed by atoms with van der Waals surface area (Å²) in [6.07, 6.45) is 13.4. The van der Waals surface area contributed by atoms with Crippen molar-refractivity contribution in [1.82, 2.24) is 0 Å². The molecule has 1 heteroatoms. The lowest BCUT2D eigenvalue weighted by Crippen LogP contribution is -2.16. The minimum Gasteiger partial charge on any atom is -0.490 e. The van der Waals surface area contributed by atoms with E-state index in [0.717, 1.165) is 12.2 Å². The fourth-order valence-corrected chi connectivity index (χ4v) is 3.39. The highest BCUT2D eigenvalue weighted by Gasteiger charge is 2.11. The molecule has 0 spiro atoms. The summed E-state index contributed by atoms with van der Waals surface area (Å²) >= 11 is 0. The van der Waals surface area contributed by atoms with Gasteiger partial charge in [0.15, 0.2) is 0 Å². The third-order valence-electron chi connectivity index (χ3n) is 4.78. The van der Waals surface area contributed by atoms with Gasteiger partial charge in [0.25, 0.3) is 0 Å². The minimum absolute atomic E-state index is 0.358. The second kappa shape index (κ2) is 11.1. The third-order valence-corrected chi connectivity index (χ3v) is 4.78. The highest BCUT2D eigenvalue weighted by molar-refractivity contribution is 5.88. The van der Waals surface area contributed by atoms with E-state index >= 15 is 0 Å². The van der Waals surface area contributed by atoms with E-state index in [9.17, 15) is 0 Å². The summed E-state index contributed by atoms with van der Waals surface area (Å²) in [6.45, 7) is 4.53. The highest BCUT2D eigenvalue weighted by Crippen LogP contribution is 2.28. The van der Waals surface area contributed by atoms with Crippen LogP contribution in [-0.2, 0) is 0 Å². The van der Waals surface area contributed by atoms with Gasteiger partial charge in [0, 0.05) is 5.39 Å². The number of fused-ring (bicyclic) bond motifs is 1. The Kier molecular flexibility index (Phi) is 8.73. The standard InChI is InChI=1S/C23H34O/c1-3-5-6-7-8-9-10-17-21(14-4-2)24-23-19-13-16-20-15-11-12-18-22(20)23/h11-13,15-16,18-19,21H,3-10,14,17H2,1-2H3. The predicted octanol–water partition coefficient (Wildman–Crippen LogP) is 7.53. The van der Waals surface area contributed by atoms with E-state index in [1.165, 1.54) is 68.6 Å². The number of benzene rings is 2. The van der Waals surface area contributed by atoms with Gasteiger partial charge in [-0.15, -0.1) is 0 Å². The zero-order chi connectivity index (χ0) is 17.0. The molecule has 2 rings (SSSR count). The monoisotopic (exact) mass is 326 g/mol. The first-order valence-electron chi connectivity index (χ1n) is 9.99. The second-order valence-electron chi connectivity index (χ2n) is 6.92. The number of rotatable bonds is 12. The van der Waals surface area contributed by atoms with Crippen molar-refractivity contribution in [2.45, 2.75) is 84.2 Å². The van der Waals surface area contributed by atoms with Gasteiger partial charge in [-0.25, -0.2) is 0 Å². The van der Waals surface area contributed by atoms with Gasteiger partial charge in [-0.05, 0) is 30.7 Å². The van der Waals surface area contributed by atoms with Crippen molar-refractivity contribution in [3.63, 3.8) is 0 Å². The highest BCUT2D eigenvalue weighted by atomic mass is 16.5. The summed E-state index contributed by atoms with van der Waals surface area (Å²) in [6, 6.07) is 14.9. The molecule has 1 nitrogen and oxygen atoms in total. The van der Waals surface area contributed by atoms with E-state index < -0.39 is 0 Å². The zero-order valence-corrected chi connectivity index (χ0v) is 15.6. The maximum atomic E-state index is 6.41. The molecule has 0 aliphatic rings. The van der Waals surface area contributed by atoms with E-state index in [0.29, 0.717) is 6.10 Å². The van der Waals surface area contributed by atoms with Crippen molar-refractivity contribution >= 4 is 10.8 Å². The van der Waals surface area contributed by atoms with Crippen molar-refractivity contribution in [1.29, 1.82) is 0 Å². The molecule has 1 unspecified atom stereocenters. The maximum absolute atomic E-state index is 6.41. The van der Waals surface area contributed by atoms with E-state index in [1.807, 2.05) is 0 Å². The van der Waals surface area contributed by atoms with Gasteiger partial charge in [0.1, 0.15) is 5.75 Å². The summed E-state index contributed by atoms with van der Waals surface area (Å²) in [4.78, 5) is 0. The van der Waals surface area contributed by atoms with Crippen LogP contribution in [0.3, 0.4) is 0 Å². The molecular formula is C23H34O. The van der Waals surface area contributed by atoms with Crippen molar-refractivity contribution in [3.05, 3.63) is 42.5 Å². The van der Waals surface area contributed by atoms with Gasteiger partial charge >= 0.3 is 0 Å². The maximum Gasteiger partial charge on any atom is 0.127 e. The van der Waals surface area contributed by atoms with Crippen LogP contribution in [0.5, 0.6) is 5.75 Å². The largest absolute Gasteiger partial charge is 0.490 e. The summed E-state index contributed by atoms with van der Waals surface area (Å²) in [5, 5.41) is 2.50. The summed E-state index contributed by atoms with van der Waals surface area (Å²) in [7, 11) is 0. The van der Waals surface area contributed by atoms with Crippen LogP contribution < -0.4 is 4.74 Å². The number of hydrogen-bond acceptors (Lipinski definition) is 1. The lowest BCUT2D eigenvalue weighted by Gasteiger charge is -2.20. The molecule has 24 heavy (non-hydrogen) atoms. The van der Waals surface area contributed by atoms with Crippen LogP contribution in [0.15, 0.2) is 42.5 Å². The molecule has 2 aromatic carbocycles. The molecule has 132 valence electrons. The molecule has 0 saturated carbocycles. The van der Waals surface area contributed by atoms with Crippen LogP contribution >= 0.6 is 0 Å². The van der Waals surface area contributed by atoms with E-state index in [1.54, 1.807) is 0 Å². The predicted molar refractivity (Wildman–Crippen MR) is 106 cm³/mol. The first-order valence-corrected chi connectivity index (χ1v) is 9.99. The topological polar surface area (TPSA) is 9.23 Å². The molecule has 0 aliphatic heterocycles. The summed E-state index contributed by atoms with van der Waals surface area (Å²) in [5.41, 5.74) is 0. The van der Waals surface area contributed by atoms with Gasteiger partial charge in [0.2, 0.25) is 0 Å². The molecule has 0 aromatic heterocycles. The van der Waals surface area contributed by atoms with E-state index in [2.05, 4.69) is 56.3 Å². The van der Waals surface area contributed by atoms with E-state index in [4.69, 9.17) is 4.74 Å². The average Bonchev–Trinajstić information content (AvgIpc) is 2.61. The van der Waals surface area contributed by atoms with Crippen LogP contribution in [0.1, 0.15) is 78.1 Å². The Morgan fingerprint density at radius 1 is 0.708 bits per heavy atom. The lowest BCUT2D eigenvalue weighted by atomic mass is 10.0. The molecule has 0 fully saturated rings. The first kappa shape index (κ1) is 18.8. The molecule has 0 amide bonds. The third kappa shape index (κ3) is 6.19. The van der Waals surface area contributed by atoms with Crippen LogP contribution in [-0.4, -0.2) is 6.10 Å². The van der Waals surface area contributed by atoms with Gasteiger partial charge in [-0.1, -0.05) is 95.2 Å². The Bertz CT molecular complexity index is 570. The summed E-state index contributed by atoms with van der Waals surface area (Å²) < 4.78 is 6.41. The van der Waals surface area contributed by atoms with Crippen molar-refractivity contribution < 1.29 is 4.74 Å². The molecule has 0 aliphatic carbocycles. The Labute approximate surface area is 148 Å². The fraction of sp³-hybridized carbons (Fsp3) is 0.565. The molecule has 0 heterocycles. The van der Waals surface area contributed by atoms with Crippen LogP contribution in [0.25, 0.3) is 10.8 Å². The molecule has 2 aromatic rings.